The summed E-state index contributed by atoms with van der Waals surface area (Å²) in [6.07, 6.45) is 7.99. The van der Waals surface area contributed by atoms with Crippen LogP contribution in [-0.4, -0.2) is 44.3 Å². The van der Waals surface area contributed by atoms with E-state index in [1.165, 1.54) is 23.3 Å². The Labute approximate surface area is 200 Å². The first-order valence-corrected chi connectivity index (χ1v) is 12.1. The molecule has 0 N–H and O–H groups in total. The molecule has 1 saturated heterocycles. The van der Waals surface area contributed by atoms with Gasteiger partial charge in [-0.05, 0) is 87.7 Å². The summed E-state index contributed by atoms with van der Waals surface area (Å²) >= 11 is 0. The van der Waals surface area contributed by atoms with E-state index in [4.69, 9.17) is 5.10 Å². The Kier molecular flexibility index (Phi) is 6.77. The third-order valence-electron chi connectivity index (χ3n) is 6.60. The fraction of sp³-hybridized carbons (Fsp3) is 0.321. The first kappa shape index (κ1) is 22.4. The van der Waals surface area contributed by atoms with Gasteiger partial charge in [0.25, 0.3) is 5.95 Å². The van der Waals surface area contributed by atoms with Crippen molar-refractivity contribution >= 4 is 0 Å². The van der Waals surface area contributed by atoms with Crippen molar-refractivity contribution in [2.24, 2.45) is 0 Å². The van der Waals surface area contributed by atoms with E-state index in [0.717, 1.165) is 62.3 Å². The lowest BCUT2D eigenvalue weighted by Gasteiger charge is -2.32. The highest BCUT2D eigenvalue weighted by molar-refractivity contribution is 5.60. The van der Waals surface area contributed by atoms with Gasteiger partial charge >= 0.3 is 0 Å². The summed E-state index contributed by atoms with van der Waals surface area (Å²) in [6.45, 7) is 5.34. The van der Waals surface area contributed by atoms with Crippen LogP contribution >= 0.6 is 0 Å². The molecule has 0 saturated carbocycles. The van der Waals surface area contributed by atoms with E-state index in [0.29, 0.717) is 11.9 Å². The van der Waals surface area contributed by atoms with E-state index in [1.54, 1.807) is 24.5 Å². The summed E-state index contributed by atoms with van der Waals surface area (Å²) in [5.41, 5.74) is 5.54. The molecule has 2 aromatic heterocycles. The number of aromatic nitrogens is 4. The summed E-state index contributed by atoms with van der Waals surface area (Å²) in [5.74, 6) is 0.671. The average Bonchev–Trinajstić information content (AvgIpc) is 3.32. The van der Waals surface area contributed by atoms with Gasteiger partial charge in [0.1, 0.15) is 5.82 Å². The predicted octanol–water partition coefficient (Wildman–Crippen LogP) is 5.59. The summed E-state index contributed by atoms with van der Waals surface area (Å²) in [7, 11) is 0. The van der Waals surface area contributed by atoms with Gasteiger partial charge in [-0.2, -0.15) is 5.10 Å². The van der Waals surface area contributed by atoms with Gasteiger partial charge in [-0.15, -0.1) is 0 Å². The first-order valence-electron chi connectivity index (χ1n) is 12.1. The second-order valence-corrected chi connectivity index (χ2v) is 9.15. The van der Waals surface area contributed by atoms with Crippen LogP contribution < -0.4 is 0 Å². The number of halogens is 1. The maximum Gasteiger partial charge on any atom is 0.250 e. The van der Waals surface area contributed by atoms with Crippen molar-refractivity contribution < 1.29 is 4.39 Å². The lowest BCUT2D eigenvalue weighted by Crippen LogP contribution is -2.36. The number of hydrogen-bond acceptors (Lipinski definition) is 4. The van der Waals surface area contributed by atoms with Gasteiger partial charge in [-0.3, -0.25) is 0 Å². The molecular formula is C28H30FN5. The normalized spacial score (nSPS) is 16.6. The SMILES string of the molecule is Cc1ccc(CCCN2CCCC(c3cc(-c4ccc(F)cc4)nn3-c3ncccn3)C2)cc1. The van der Waals surface area contributed by atoms with Crippen LogP contribution in [0, 0.1) is 12.7 Å². The molecule has 1 atom stereocenters. The van der Waals surface area contributed by atoms with Crippen LogP contribution in [0.1, 0.15) is 42.0 Å². The van der Waals surface area contributed by atoms with Crippen LogP contribution in [0.4, 0.5) is 4.39 Å². The third-order valence-corrected chi connectivity index (χ3v) is 6.60. The second kappa shape index (κ2) is 10.3. The molecule has 0 spiro atoms. The van der Waals surface area contributed by atoms with Crippen molar-refractivity contribution in [3.63, 3.8) is 0 Å². The minimum atomic E-state index is -0.247. The van der Waals surface area contributed by atoms with Crippen LogP contribution in [0.2, 0.25) is 0 Å². The van der Waals surface area contributed by atoms with Gasteiger partial charge in [0.05, 0.1) is 11.4 Å². The van der Waals surface area contributed by atoms with E-state index in [2.05, 4.69) is 52.1 Å². The molecule has 2 aromatic carbocycles. The van der Waals surface area contributed by atoms with Gasteiger partial charge in [-0.25, -0.2) is 19.0 Å². The Morgan fingerprint density at radius 3 is 2.53 bits per heavy atom. The van der Waals surface area contributed by atoms with Crippen LogP contribution in [0.3, 0.4) is 0 Å². The molecule has 0 aliphatic carbocycles. The molecule has 174 valence electrons. The zero-order valence-corrected chi connectivity index (χ0v) is 19.6. The Morgan fingerprint density at radius 1 is 1.00 bits per heavy atom. The van der Waals surface area contributed by atoms with E-state index in [-0.39, 0.29) is 5.82 Å². The maximum atomic E-state index is 13.5. The lowest BCUT2D eigenvalue weighted by molar-refractivity contribution is 0.203. The fourth-order valence-corrected chi connectivity index (χ4v) is 4.77. The zero-order valence-electron chi connectivity index (χ0n) is 19.6. The number of piperidine rings is 1. The minimum Gasteiger partial charge on any atom is -0.303 e. The lowest BCUT2D eigenvalue weighted by atomic mass is 9.93. The standard InChI is InChI=1S/C28H30FN5/c1-21-7-9-22(10-8-21)5-2-17-33-18-3-6-24(20-33)27-19-26(23-11-13-25(29)14-12-23)32-34(27)28-30-15-4-16-31-28/h4,7-16,19,24H,2-3,5-6,17-18,20H2,1H3. The largest absolute Gasteiger partial charge is 0.303 e. The second-order valence-electron chi connectivity index (χ2n) is 9.15. The molecule has 6 heteroatoms. The van der Waals surface area contributed by atoms with Crippen molar-refractivity contribution in [3.8, 4) is 17.2 Å². The molecule has 0 radical (unpaired) electrons. The molecule has 5 nitrogen and oxygen atoms in total. The molecule has 0 bridgehead atoms. The highest BCUT2D eigenvalue weighted by atomic mass is 19.1. The topological polar surface area (TPSA) is 46.8 Å². The zero-order chi connectivity index (χ0) is 23.3. The molecule has 3 heterocycles. The molecule has 1 aliphatic heterocycles. The van der Waals surface area contributed by atoms with E-state index in [9.17, 15) is 4.39 Å². The van der Waals surface area contributed by atoms with E-state index in [1.807, 2.05) is 10.7 Å². The van der Waals surface area contributed by atoms with Gasteiger partial charge in [0.2, 0.25) is 0 Å². The van der Waals surface area contributed by atoms with Gasteiger partial charge in [0.15, 0.2) is 0 Å². The molecular weight excluding hydrogens is 425 g/mol. The van der Waals surface area contributed by atoms with Gasteiger partial charge in [0, 0.05) is 30.4 Å². The number of benzene rings is 2. The predicted molar refractivity (Wildman–Crippen MR) is 132 cm³/mol. The number of hydrogen-bond donors (Lipinski definition) is 0. The summed E-state index contributed by atoms with van der Waals surface area (Å²) in [4.78, 5) is 11.5. The smallest absolute Gasteiger partial charge is 0.250 e. The number of nitrogens with zero attached hydrogens (tertiary/aromatic N) is 5. The van der Waals surface area contributed by atoms with E-state index >= 15 is 0 Å². The molecule has 5 rings (SSSR count). The monoisotopic (exact) mass is 455 g/mol. The highest BCUT2D eigenvalue weighted by Gasteiger charge is 2.26. The Balaban J connectivity index is 1.34. The van der Waals surface area contributed by atoms with Crippen molar-refractivity contribution in [2.45, 2.75) is 38.5 Å². The Bertz CT molecular complexity index is 1200. The van der Waals surface area contributed by atoms with Crippen molar-refractivity contribution in [2.75, 3.05) is 19.6 Å². The third kappa shape index (κ3) is 5.23. The molecule has 0 amide bonds. The fourth-order valence-electron chi connectivity index (χ4n) is 4.77. The van der Waals surface area contributed by atoms with E-state index < -0.39 is 0 Å². The summed E-state index contributed by atoms with van der Waals surface area (Å²) in [6, 6.07) is 19.3. The minimum absolute atomic E-state index is 0.247. The number of rotatable bonds is 7. The molecule has 4 aromatic rings. The van der Waals surface area contributed by atoms with Gasteiger partial charge in [-0.1, -0.05) is 29.8 Å². The Hall–Kier alpha value is -3.38. The van der Waals surface area contributed by atoms with Crippen LogP contribution in [0.25, 0.3) is 17.2 Å². The quantitative estimate of drug-likeness (QED) is 0.365. The molecule has 34 heavy (non-hydrogen) atoms. The number of aryl methyl sites for hydroxylation is 2. The van der Waals surface area contributed by atoms with Crippen LogP contribution in [-0.2, 0) is 6.42 Å². The Morgan fingerprint density at radius 2 is 1.76 bits per heavy atom. The highest BCUT2D eigenvalue weighted by Crippen LogP contribution is 2.31. The average molecular weight is 456 g/mol. The molecule has 1 aliphatic rings. The van der Waals surface area contributed by atoms with Crippen molar-refractivity contribution in [3.05, 3.63) is 95.7 Å². The van der Waals surface area contributed by atoms with Crippen LogP contribution in [0.5, 0.6) is 0 Å². The maximum absolute atomic E-state index is 13.5. The van der Waals surface area contributed by atoms with Gasteiger partial charge < -0.3 is 4.90 Å². The summed E-state index contributed by atoms with van der Waals surface area (Å²) < 4.78 is 15.3. The van der Waals surface area contributed by atoms with Crippen molar-refractivity contribution in [1.29, 1.82) is 0 Å². The van der Waals surface area contributed by atoms with Crippen LogP contribution in [0.15, 0.2) is 73.1 Å². The summed E-state index contributed by atoms with van der Waals surface area (Å²) in [5, 5.41) is 4.84. The van der Waals surface area contributed by atoms with Crippen molar-refractivity contribution in [1.82, 2.24) is 24.6 Å². The first-order chi connectivity index (χ1) is 16.7. The molecule has 1 fully saturated rings. The molecule has 1 unspecified atom stereocenters. The number of likely N-dealkylation sites (tertiary alicyclic amines) is 1.